The Hall–Kier alpha value is -1.95. The van der Waals surface area contributed by atoms with E-state index in [1.54, 1.807) is 10.9 Å². The van der Waals surface area contributed by atoms with E-state index in [9.17, 15) is 0 Å². The maximum atomic E-state index is 6.07. The first kappa shape index (κ1) is 11.2. The van der Waals surface area contributed by atoms with Gasteiger partial charge < -0.3 is 0 Å². The van der Waals surface area contributed by atoms with Crippen LogP contribution < -0.4 is 0 Å². The Morgan fingerprint density at radius 2 is 2.11 bits per heavy atom. The van der Waals surface area contributed by atoms with Gasteiger partial charge in [0.15, 0.2) is 16.6 Å². The van der Waals surface area contributed by atoms with Gasteiger partial charge in [0.05, 0.1) is 5.69 Å². The van der Waals surface area contributed by atoms with Crippen molar-refractivity contribution in [3.8, 4) is 0 Å². The molecule has 0 aromatic carbocycles. The summed E-state index contributed by atoms with van der Waals surface area (Å²) in [6, 6.07) is 1.87. The minimum absolute atomic E-state index is 0.373. The second-order valence-corrected chi connectivity index (χ2v) is 4.41. The number of halogens is 1. The zero-order valence-electron chi connectivity index (χ0n) is 10.0. The van der Waals surface area contributed by atoms with Crippen LogP contribution in [0, 0.1) is 13.8 Å². The summed E-state index contributed by atoms with van der Waals surface area (Å²) in [6.07, 6.45) is 3.61. The molecule has 0 aliphatic rings. The Labute approximate surface area is 108 Å². The van der Waals surface area contributed by atoms with E-state index in [-0.39, 0.29) is 0 Å². The molecule has 0 fully saturated rings. The fourth-order valence-corrected chi connectivity index (χ4v) is 2.13. The fraction of sp³-hybridized carbons (Fsp3) is 0.273. The topological polar surface area (TPSA) is 60.9 Å². The minimum Gasteiger partial charge on any atom is -0.278 e. The van der Waals surface area contributed by atoms with Gasteiger partial charge in [0.1, 0.15) is 6.54 Å². The SMILES string of the molecule is Cc1nc(Cl)c2nnc(Cn3cccn3)n2c1C. The van der Waals surface area contributed by atoms with Crippen molar-refractivity contribution < 1.29 is 0 Å². The van der Waals surface area contributed by atoms with Crippen molar-refractivity contribution in [1.82, 2.24) is 29.4 Å². The lowest BCUT2D eigenvalue weighted by Gasteiger charge is -2.07. The van der Waals surface area contributed by atoms with E-state index in [4.69, 9.17) is 11.6 Å². The Morgan fingerprint density at radius 3 is 2.83 bits per heavy atom. The van der Waals surface area contributed by atoms with E-state index in [2.05, 4.69) is 20.3 Å². The van der Waals surface area contributed by atoms with Gasteiger partial charge in [-0.05, 0) is 19.9 Å². The lowest BCUT2D eigenvalue weighted by atomic mass is 10.3. The van der Waals surface area contributed by atoms with E-state index < -0.39 is 0 Å². The summed E-state index contributed by atoms with van der Waals surface area (Å²) in [5.74, 6) is 0.790. The first-order valence-electron chi connectivity index (χ1n) is 5.51. The lowest BCUT2D eigenvalue weighted by Crippen LogP contribution is -2.08. The monoisotopic (exact) mass is 262 g/mol. The van der Waals surface area contributed by atoms with E-state index in [1.807, 2.05) is 30.5 Å². The highest BCUT2D eigenvalue weighted by Gasteiger charge is 2.14. The molecule has 0 radical (unpaired) electrons. The van der Waals surface area contributed by atoms with Crippen LogP contribution in [0.4, 0.5) is 0 Å². The third-order valence-electron chi connectivity index (χ3n) is 2.90. The molecule has 0 spiro atoms. The van der Waals surface area contributed by atoms with Crippen LogP contribution in [0.3, 0.4) is 0 Å². The van der Waals surface area contributed by atoms with Crippen LogP contribution in [0.5, 0.6) is 0 Å². The molecule has 6 nitrogen and oxygen atoms in total. The molecule has 0 aliphatic carbocycles. The van der Waals surface area contributed by atoms with E-state index in [0.29, 0.717) is 17.3 Å². The van der Waals surface area contributed by atoms with Crippen molar-refractivity contribution in [2.24, 2.45) is 0 Å². The molecule has 0 aliphatic heterocycles. The zero-order valence-corrected chi connectivity index (χ0v) is 10.8. The van der Waals surface area contributed by atoms with Crippen molar-refractivity contribution in [1.29, 1.82) is 0 Å². The van der Waals surface area contributed by atoms with Gasteiger partial charge in [0.2, 0.25) is 0 Å². The maximum absolute atomic E-state index is 6.07. The van der Waals surface area contributed by atoms with Crippen LogP contribution in [0.25, 0.3) is 5.65 Å². The van der Waals surface area contributed by atoms with Crippen molar-refractivity contribution in [3.63, 3.8) is 0 Å². The van der Waals surface area contributed by atoms with Crippen LogP contribution in [0.2, 0.25) is 5.15 Å². The quantitative estimate of drug-likeness (QED) is 0.704. The first-order chi connectivity index (χ1) is 8.66. The second-order valence-electron chi connectivity index (χ2n) is 4.05. The molecule has 3 aromatic heterocycles. The van der Waals surface area contributed by atoms with Crippen LogP contribution in [-0.2, 0) is 6.54 Å². The molecule has 3 aromatic rings. The van der Waals surface area contributed by atoms with Crippen molar-refractivity contribution in [2.75, 3.05) is 0 Å². The molecule has 0 saturated heterocycles. The Balaban J connectivity index is 2.19. The predicted molar refractivity (Wildman–Crippen MR) is 66.6 cm³/mol. The summed E-state index contributed by atoms with van der Waals surface area (Å²) in [4.78, 5) is 4.23. The molecule has 7 heteroatoms. The molecule has 0 bridgehead atoms. The molecule has 3 heterocycles. The second kappa shape index (κ2) is 4.06. The normalized spacial score (nSPS) is 11.3. The Bertz CT molecular complexity index is 700. The summed E-state index contributed by atoms with van der Waals surface area (Å²) in [6.45, 7) is 4.44. The molecular formula is C11H11ClN6. The third kappa shape index (κ3) is 1.65. The highest BCUT2D eigenvalue weighted by molar-refractivity contribution is 6.32. The van der Waals surface area contributed by atoms with Gasteiger partial charge in [-0.2, -0.15) is 5.10 Å². The molecule has 0 amide bonds. The Kier molecular flexibility index (Phi) is 2.52. The third-order valence-corrected chi connectivity index (χ3v) is 3.16. The summed E-state index contributed by atoms with van der Waals surface area (Å²) in [7, 11) is 0. The molecule has 92 valence electrons. The number of aryl methyl sites for hydroxylation is 2. The number of rotatable bonds is 2. The highest BCUT2D eigenvalue weighted by Crippen LogP contribution is 2.18. The molecule has 18 heavy (non-hydrogen) atoms. The number of nitrogens with zero attached hydrogens (tertiary/aromatic N) is 6. The zero-order chi connectivity index (χ0) is 12.7. The van der Waals surface area contributed by atoms with Crippen LogP contribution >= 0.6 is 11.6 Å². The lowest BCUT2D eigenvalue weighted by molar-refractivity contribution is 0.646. The summed E-state index contributed by atoms with van der Waals surface area (Å²) in [5, 5.41) is 12.8. The fourth-order valence-electron chi connectivity index (χ4n) is 1.88. The maximum Gasteiger partial charge on any atom is 0.198 e. The molecule has 3 rings (SSSR count). The van der Waals surface area contributed by atoms with Crippen LogP contribution in [0.15, 0.2) is 18.5 Å². The van der Waals surface area contributed by atoms with Gasteiger partial charge in [-0.25, -0.2) is 4.98 Å². The summed E-state index contributed by atoms with van der Waals surface area (Å²) >= 11 is 6.07. The standard InChI is InChI=1S/C11H11ClN6/c1-7-8(2)18-9(6-17-5-3-4-13-17)15-16-11(18)10(12)14-7/h3-5H,6H2,1-2H3. The number of aromatic nitrogens is 6. The minimum atomic E-state index is 0.373. The average Bonchev–Trinajstić information content (AvgIpc) is 2.96. The van der Waals surface area contributed by atoms with E-state index in [1.165, 1.54) is 0 Å². The van der Waals surface area contributed by atoms with Gasteiger partial charge in [-0.3, -0.25) is 9.08 Å². The first-order valence-corrected chi connectivity index (χ1v) is 5.89. The average molecular weight is 263 g/mol. The number of hydrogen-bond acceptors (Lipinski definition) is 4. The molecule has 0 N–H and O–H groups in total. The summed E-state index contributed by atoms with van der Waals surface area (Å²) < 4.78 is 3.71. The van der Waals surface area contributed by atoms with E-state index in [0.717, 1.165) is 17.2 Å². The van der Waals surface area contributed by atoms with E-state index >= 15 is 0 Å². The van der Waals surface area contributed by atoms with Crippen molar-refractivity contribution >= 4 is 17.2 Å². The van der Waals surface area contributed by atoms with Gasteiger partial charge in [-0.1, -0.05) is 11.6 Å². The van der Waals surface area contributed by atoms with Crippen LogP contribution in [0.1, 0.15) is 17.2 Å². The van der Waals surface area contributed by atoms with Crippen molar-refractivity contribution in [2.45, 2.75) is 20.4 Å². The largest absolute Gasteiger partial charge is 0.278 e. The van der Waals surface area contributed by atoms with Crippen LogP contribution in [-0.4, -0.2) is 29.4 Å². The smallest absolute Gasteiger partial charge is 0.198 e. The van der Waals surface area contributed by atoms with Gasteiger partial charge in [0, 0.05) is 18.1 Å². The van der Waals surface area contributed by atoms with Gasteiger partial charge in [-0.15, -0.1) is 10.2 Å². The molecular weight excluding hydrogens is 252 g/mol. The van der Waals surface area contributed by atoms with Crippen molar-refractivity contribution in [3.05, 3.63) is 40.8 Å². The summed E-state index contributed by atoms with van der Waals surface area (Å²) in [5.41, 5.74) is 2.44. The molecule has 0 atom stereocenters. The number of hydrogen-bond donors (Lipinski definition) is 0. The molecule has 0 unspecified atom stereocenters. The Morgan fingerprint density at radius 1 is 1.28 bits per heavy atom. The van der Waals surface area contributed by atoms with Gasteiger partial charge >= 0.3 is 0 Å². The molecule has 0 saturated carbocycles. The van der Waals surface area contributed by atoms with Gasteiger partial charge in [0.25, 0.3) is 0 Å². The highest BCUT2D eigenvalue weighted by atomic mass is 35.5. The number of fused-ring (bicyclic) bond motifs is 1. The predicted octanol–water partition coefficient (Wildman–Crippen LogP) is 1.64.